The number of ketones is 1. The number of anilines is 1. The SMILES string of the molecule is Cc1ccc(S(=O)(=O)n2cc(-c3ncc(F)c(N[C@H]4CCC[C@@H](CC(=O)c5cncn5C)C4)n3)c3cc(F)cc(F)c32)cc1. The summed E-state index contributed by atoms with van der Waals surface area (Å²) in [6.45, 7) is 1.80. The van der Waals surface area contributed by atoms with E-state index in [-0.39, 0.29) is 50.7 Å². The molecule has 0 saturated heterocycles. The number of rotatable bonds is 8. The van der Waals surface area contributed by atoms with Crippen molar-refractivity contribution in [1.29, 1.82) is 0 Å². The number of imidazole rings is 1. The highest BCUT2D eigenvalue weighted by molar-refractivity contribution is 7.90. The van der Waals surface area contributed by atoms with Crippen molar-refractivity contribution in [2.24, 2.45) is 13.0 Å². The average molecular weight is 623 g/mol. The van der Waals surface area contributed by atoms with Crippen LogP contribution in [-0.4, -0.2) is 43.7 Å². The molecular formula is C31H29F3N6O3S. The molecule has 13 heteroatoms. The molecule has 1 aliphatic carbocycles. The Labute approximate surface area is 251 Å². The Balaban J connectivity index is 1.32. The maximum atomic E-state index is 15.2. The van der Waals surface area contributed by atoms with Gasteiger partial charge in [0.05, 0.1) is 23.6 Å². The van der Waals surface area contributed by atoms with Crippen LogP contribution in [0.5, 0.6) is 0 Å². The average Bonchev–Trinajstić information content (AvgIpc) is 3.59. The van der Waals surface area contributed by atoms with E-state index in [9.17, 15) is 22.0 Å². The summed E-state index contributed by atoms with van der Waals surface area (Å²) in [7, 11) is -2.54. The van der Waals surface area contributed by atoms with E-state index in [0.29, 0.717) is 24.6 Å². The third-order valence-corrected chi connectivity index (χ3v) is 9.72. The van der Waals surface area contributed by atoms with Crippen molar-refractivity contribution in [2.45, 2.75) is 50.0 Å². The molecule has 2 aromatic carbocycles. The second-order valence-electron chi connectivity index (χ2n) is 11.2. The molecule has 5 aromatic rings. The summed E-state index contributed by atoms with van der Waals surface area (Å²) in [5, 5.41) is 3.04. The first kappa shape index (κ1) is 29.5. The third kappa shape index (κ3) is 5.59. The summed E-state index contributed by atoms with van der Waals surface area (Å²) < 4.78 is 74.2. The third-order valence-electron chi connectivity index (χ3n) is 8.05. The van der Waals surface area contributed by atoms with E-state index in [1.165, 1.54) is 12.1 Å². The molecule has 0 unspecified atom stereocenters. The van der Waals surface area contributed by atoms with E-state index in [2.05, 4.69) is 20.3 Å². The van der Waals surface area contributed by atoms with E-state index >= 15 is 4.39 Å². The zero-order valence-electron chi connectivity index (χ0n) is 24.0. The minimum atomic E-state index is -4.31. The van der Waals surface area contributed by atoms with Crippen LogP contribution < -0.4 is 5.32 Å². The molecule has 0 amide bonds. The Kier molecular flexibility index (Phi) is 7.74. The van der Waals surface area contributed by atoms with Gasteiger partial charge in [-0.25, -0.2) is 40.5 Å². The van der Waals surface area contributed by atoms with Crippen LogP contribution in [0, 0.1) is 30.3 Å². The van der Waals surface area contributed by atoms with Gasteiger partial charge in [0, 0.05) is 42.7 Å². The number of fused-ring (bicyclic) bond motifs is 1. The van der Waals surface area contributed by atoms with Crippen molar-refractivity contribution < 1.29 is 26.4 Å². The highest BCUT2D eigenvalue weighted by Gasteiger charge is 2.28. The predicted molar refractivity (Wildman–Crippen MR) is 158 cm³/mol. The zero-order valence-corrected chi connectivity index (χ0v) is 24.8. The van der Waals surface area contributed by atoms with Gasteiger partial charge in [-0.1, -0.05) is 24.1 Å². The maximum absolute atomic E-state index is 15.2. The lowest BCUT2D eigenvalue weighted by Gasteiger charge is -2.30. The first-order valence-corrected chi connectivity index (χ1v) is 15.6. The van der Waals surface area contributed by atoms with Gasteiger partial charge in [0.15, 0.2) is 29.1 Å². The quantitative estimate of drug-likeness (QED) is 0.210. The molecule has 2 atom stereocenters. The number of nitrogens with zero attached hydrogens (tertiary/aromatic N) is 5. The molecule has 1 fully saturated rings. The monoisotopic (exact) mass is 622 g/mol. The summed E-state index contributed by atoms with van der Waals surface area (Å²) in [4.78, 5) is 25.1. The van der Waals surface area contributed by atoms with Crippen LogP contribution in [0.2, 0.25) is 0 Å². The highest BCUT2D eigenvalue weighted by Crippen LogP contribution is 2.35. The standard InChI is InChI=1S/C31H29F3N6O3S/c1-18-6-8-22(9-7-18)44(42,43)40-16-24(23-12-20(32)13-25(33)29(23)40)30-36-14-26(34)31(38-30)37-21-5-3-4-19(10-21)11-28(41)27-15-35-17-39(27)2/h6-9,12-17,19,21H,3-5,10-11H2,1-2H3,(H,36,37,38)/t19-,21+/m1/s1. The zero-order chi connectivity index (χ0) is 31.2. The van der Waals surface area contributed by atoms with Crippen LogP contribution >= 0.6 is 0 Å². The number of Topliss-reactive ketones (excluding diaryl/α,β-unsaturated/α-hetero) is 1. The Hall–Kier alpha value is -4.52. The molecule has 44 heavy (non-hydrogen) atoms. The lowest BCUT2D eigenvalue weighted by Crippen LogP contribution is -2.29. The minimum Gasteiger partial charge on any atom is -0.365 e. The minimum absolute atomic E-state index is 0.0115. The fraction of sp³-hybridized carbons (Fsp3) is 0.290. The summed E-state index contributed by atoms with van der Waals surface area (Å²) >= 11 is 0. The second-order valence-corrected chi connectivity index (χ2v) is 13.0. The van der Waals surface area contributed by atoms with E-state index in [0.717, 1.165) is 47.3 Å². The first-order chi connectivity index (χ1) is 21.0. The summed E-state index contributed by atoms with van der Waals surface area (Å²) in [5.74, 6) is -2.92. The number of aryl methyl sites for hydroxylation is 2. The molecule has 0 radical (unpaired) electrons. The smallest absolute Gasteiger partial charge is 0.268 e. The maximum Gasteiger partial charge on any atom is 0.268 e. The summed E-state index contributed by atoms with van der Waals surface area (Å²) in [6.07, 6.45) is 8.51. The number of nitrogens with one attached hydrogen (secondary N) is 1. The predicted octanol–water partition coefficient (Wildman–Crippen LogP) is 6.04. The first-order valence-electron chi connectivity index (χ1n) is 14.1. The van der Waals surface area contributed by atoms with Crippen LogP contribution in [0.3, 0.4) is 0 Å². The van der Waals surface area contributed by atoms with Crippen molar-refractivity contribution in [3.63, 3.8) is 0 Å². The molecule has 228 valence electrons. The molecule has 0 aliphatic heterocycles. The van der Waals surface area contributed by atoms with Gasteiger partial charge >= 0.3 is 0 Å². The molecule has 1 aliphatic rings. The Morgan fingerprint density at radius 1 is 1.07 bits per heavy atom. The van der Waals surface area contributed by atoms with Gasteiger partial charge in [-0.2, -0.15) is 0 Å². The number of benzene rings is 2. The summed E-state index contributed by atoms with van der Waals surface area (Å²) in [5.41, 5.74) is 1.00. The largest absolute Gasteiger partial charge is 0.365 e. The Bertz CT molecular complexity index is 1990. The molecule has 6 rings (SSSR count). The fourth-order valence-corrected chi connectivity index (χ4v) is 7.21. The Morgan fingerprint density at radius 2 is 1.84 bits per heavy atom. The van der Waals surface area contributed by atoms with Gasteiger partial charge in [-0.3, -0.25) is 4.79 Å². The Morgan fingerprint density at radius 3 is 2.57 bits per heavy atom. The van der Waals surface area contributed by atoms with Gasteiger partial charge in [0.25, 0.3) is 10.0 Å². The van der Waals surface area contributed by atoms with E-state index in [1.54, 1.807) is 43.2 Å². The van der Waals surface area contributed by atoms with Crippen molar-refractivity contribution in [2.75, 3.05) is 5.32 Å². The van der Waals surface area contributed by atoms with Gasteiger partial charge in [0.2, 0.25) is 0 Å². The molecule has 3 heterocycles. The molecule has 0 bridgehead atoms. The van der Waals surface area contributed by atoms with Crippen molar-refractivity contribution >= 4 is 32.5 Å². The topological polar surface area (TPSA) is 112 Å². The molecule has 1 N–H and O–H groups in total. The van der Waals surface area contributed by atoms with Crippen molar-refractivity contribution in [1.82, 2.24) is 23.5 Å². The number of aromatic nitrogens is 5. The van der Waals surface area contributed by atoms with Gasteiger partial charge in [-0.05, 0) is 50.3 Å². The number of carbonyl (C=O) groups excluding carboxylic acids is 1. The van der Waals surface area contributed by atoms with Crippen LogP contribution in [0.25, 0.3) is 22.3 Å². The molecule has 9 nitrogen and oxygen atoms in total. The lowest BCUT2D eigenvalue weighted by atomic mass is 9.82. The van der Waals surface area contributed by atoms with Crippen LogP contribution in [-0.2, 0) is 17.1 Å². The van der Waals surface area contributed by atoms with E-state index in [4.69, 9.17) is 0 Å². The van der Waals surface area contributed by atoms with Crippen LogP contribution in [0.15, 0.2) is 66.2 Å². The molecule has 0 spiro atoms. The number of hydrogen-bond acceptors (Lipinski definition) is 7. The molecule has 1 saturated carbocycles. The van der Waals surface area contributed by atoms with E-state index in [1.807, 2.05) is 0 Å². The second kappa shape index (κ2) is 11.5. The van der Waals surface area contributed by atoms with Crippen molar-refractivity contribution in [3.8, 4) is 11.4 Å². The van der Waals surface area contributed by atoms with Crippen molar-refractivity contribution in [3.05, 3.63) is 90.0 Å². The van der Waals surface area contributed by atoms with Crippen LogP contribution in [0.4, 0.5) is 19.0 Å². The lowest BCUT2D eigenvalue weighted by molar-refractivity contribution is 0.0940. The fourth-order valence-electron chi connectivity index (χ4n) is 5.83. The number of hydrogen-bond donors (Lipinski definition) is 1. The van der Waals surface area contributed by atoms with Gasteiger partial charge in [-0.15, -0.1) is 0 Å². The number of carbonyl (C=O) groups is 1. The highest BCUT2D eigenvalue weighted by atomic mass is 32.2. The van der Waals surface area contributed by atoms with Crippen LogP contribution in [0.1, 0.15) is 48.2 Å². The molecular weight excluding hydrogens is 593 g/mol. The summed E-state index contributed by atoms with van der Waals surface area (Å²) in [6, 6.07) is 7.43. The molecule has 3 aromatic heterocycles. The van der Waals surface area contributed by atoms with E-state index < -0.39 is 27.5 Å². The van der Waals surface area contributed by atoms with Gasteiger partial charge in [0.1, 0.15) is 17.0 Å². The van der Waals surface area contributed by atoms with Gasteiger partial charge < -0.3 is 9.88 Å². The normalized spacial score (nSPS) is 17.2. The number of halogens is 3.